The smallest absolute Gasteiger partial charge is 0.0991 e. The molecule has 0 radical (unpaired) electrons. The van der Waals surface area contributed by atoms with E-state index in [0.717, 1.165) is 5.69 Å². The van der Waals surface area contributed by atoms with Crippen LogP contribution in [0.1, 0.15) is 12.8 Å². The van der Waals surface area contributed by atoms with Gasteiger partial charge in [0.2, 0.25) is 0 Å². The van der Waals surface area contributed by atoms with E-state index in [9.17, 15) is 0 Å². The minimum absolute atomic E-state index is 0.697. The number of nitrogens with one attached hydrogen (secondary N) is 1. The number of anilines is 1. The second kappa shape index (κ2) is 3.42. The van der Waals surface area contributed by atoms with Crippen molar-refractivity contribution >= 4 is 5.69 Å². The molecular weight excluding hydrogens is 186 g/mol. The summed E-state index contributed by atoms with van der Waals surface area (Å²) in [5, 5.41) is 3.48. The Kier molecular flexibility index (Phi) is 1.95. The zero-order valence-electron chi connectivity index (χ0n) is 8.43. The Morgan fingerprint density at radius 3 is 3.00 bits per heavy atom. The van der Waals surface area contributed by atoms with Crippen LogP contribution in [0.3, 0.4) is 0 Å². The molecule has 1 aromatic heterocycles. The zero-order valence-corrected chi connectivity index (χ0v) is 8.43. The van der Waals surface area contributed by atoms with E-state index >= 15 is 0 Å². The molecule has 0 bridgehead atoms. The van der Waals surface area contributed by atoms with Crippen molar-refractivity contribution in [3.63, 3.8) is 0 Å². The molecule has 0 unspecified atom stereocenters. The monoisotopic (exact) mass is 199 g/mol. The first-order valence-corrected chi connectivity index (χ1v) is 5.27. The number of rotatable bonds is 3. The molecule has 3 heteroatoms. The molecule has 1 aliphatic carbocycles. The highest BCUT2D eigenvalue weighted by Crippen LogP contribution is 2.25. The Hall–Kier alpha value is -1.77. The van der Waals surface area contributed by atoms with E-state index in [1.807, 2.05) is 17.1 Å². The Bertz CT molecular complexity index is 444. The highest BCUT2D eigenvalue weighted by atomic mass is 15.0. The van der Waals surface area contributed by atoms with Gasteiger partial charge in [0.05, 0.1) is 6.33 Å². The number of hydrogen-bond donors (Lipinski definition) is 1. The molecule has 0 saturated heterocycles. The van der Waals surface area contributed by atoms with E-state index in [4.69, 9.17) is 0 Å². The molecular formula is C12H13N3. The van der Waals surface area contributed by atoms with Gasteiger partial charge in [0, 0.05) is 29.8 Å². The standard InChI is InChI=1S/C12H13N3/c1-2-11(14-10-4-5-10)8-12(3-1)15-7-6-13-9-15/h1-3,6-10,14H,4-5H2. The van der Waals surface area contributed by atoms with E-state index in [1.165, 1.54) is 18.5 Å². The summed E-state index contributed by atoms with van der Waals surface area (Å²) in [5.41, 5.74) is 2.35. The first-order chi connectivity index (χ1) is 7.42. The fourth-order valence-corrected chi connectivity index (χ4v) is 1.63. The molecule has 15 heavy (non-hydrogen) atoms. The molecule has 1 fully saturated rings. The zero-order chi connectivity index (χ0) is 10.1. The number of nitrogens with zero attached hydrogens (tertiary/aromatic N) is 2. The molecule has 0 spiro atoms. The van der Waals surface area contributed by atoms with Crippen molar-refractivity contribution in [1.29, 1.82) is 0 Å². The highest BCUT2D eigenvalue weighted by Gasteiger charge is 2.20. The lowest BCUT2D eigenvalue weighted by Crippen LogP contribution is -2.01. The van der Waals surface area contributed by atoms with Crippen molar-refractivity contribution in [2.24, 2.45) is 0 Å². The van der Waals surface area contributed by atoms with Gasteiger partial charge in [0.15, 0.2) is 0 Å². The third-order valence-corrected chi connectivity index (χ3v) is 2.60. The van der Waals surface area contributed by atoms with Crippen LogP contribution < -0.4 is 5.32 Å². The highest BCUT2D eigenvalue weighted by molar-refractivity contribution is 5.52. The Morgan fingerprint density at radius 2 is 2.27 bits per heavy atom. The van der Waals surface area contributed by atoms with E-state index in [-0.39, 0.29) is 0 Å². The van der Waals surface area contributed by atoms with Crippen molar-refractivity contribution < 1.29 is 0 Å². The van der Waals surface area contributed by atoms with Gasteiger partial charge in [-0.3, -0.25) is 0 Å². The van der Waals surface area contributed by atoms with Crippen LogP contribution in [0.25, 0.3) is 5.69 Å². The van der Waals surface area contributed by atoms with Crippen LogP contribution in [-0.2, 0) is 0 Å². The van der Waals surface area contributed by atoms with Crippen molar-refractivity contribution in [3.05, 3.63) is 43.0 Å². The van der Waals surface area contributed by atoms with Gasteiger partial charge in [-0.2, -0.15) is 0 Å². The summed E-state index contributed by atoms with van der Waals surface area (Å²) in [6.07, 6.45) is 8.16. The van der Waals surface area contributed by atoms with Gasteiger partial charge in [-0.1, -0.05) is 6.07 Å². The lowest BCUT2D eigenvalue weighted by Gasteiger charge is -2.07. The summed E-state index contributed by atoms with van der Waals surface area (Å²) >= 11 is 0. The fraction of sp³-hybridized carbons (Fsp3) is 0.250. The summed E-state index contributed by atoms with van der Waals surface area (Å²) in [5.74, 6) is 0. The topological polar surface area (TPSA) is 29.9 Å². The molecule has 1 aliphatic rings. The van der Waals surface area contributed by atoms with E-state index in [1.54, 1.807) is 6.20 Å². The second-order valence-corrected chi connectivity index (χ2v) is 3.94. The van der Waals surface area contributed by atoms with Crippen LogP contribution in [0.15, 0.2) is 43.0 Å². The van der Waals surface area contributed by atoms with Crippen LogP contribution in [-0.4, -0.2) is 15.6 Å². The molecule has 1 heterocycles. The third kappa shape index (κ3) is 1.86. The van der Waals surface area contributed by atoms with Crippen molar-refractivity contribution in [2.45, 2.75) is 18.9 Å². The van der Waals surface area contributed by atoms with Gasteiger partial charge < -0.3 is 9.88 Å². The normalized spacial score (nSPS) is 15.2. The van der Waals surface area contributed by atoms with Crippen LogP contribution in [0.5, 0.6) is 0 Å². The van der Waals surface area contributed by atoms with E-state index in [0.29, 0.717) is 6.04 Å². The Balaban J connectivity index is 1.88. The minimum atomic E-state index is 0.697. The summed E-state index contributed by atoms with van der Waals surface area (Å²) < 4.78 is 2.01. The van der Waals surface area contributed by atoms with Gasteiger partial charge in [0.25, 0.3) is 0 Å². The first kappa shape index (κ1) is 8.53. The summed E-state index contributed by atoms with van der Waals surface area (Å²) in [6.45, 7) is 0. The van der Waals surface area contributed by atoms with Gasteiger partial charge in [-0.05, 0) is 31.0 Å². The number of imidazole rings is 1. The maximum atomic E-state index is 4.04. The summed E-state index contributed by atoms with van der Waals surface area (Å²) in [7, 11) is 0. The maximum absolute atomic E-state index is 4.04. The van der Waals surface area contributed by atoms with Crippen LogP contribution in [0.4, 0.5) is 5.69 Å². The van der Waals surface area contributed by atoms with Crippen molar-refractivity contribution in [3.8, 4) is 5.69 Å². The fourth-order valence-electron chi connectivity index (χ4n) is 1.63. The maximum Gasteiger partial charge on any atom is 0.0991 e. The second-order valence-electron chi connectivity index (χ2n) is 3.94. The first-order valence-electron chi connectivity index (χ1n) is 5.27. The molecule has 1 aromatic carbocycles. The van der Waals surface area contributed by atoms with Gasteiger partial charge in [0.1, 0.15) is 0 Å². The Labute approximate surface area is 88.8 Å². The third-order valence-electron chi connectivity index (χ3n) is 2.60. The van der Waals surface area contributed by atoms with Crippen LogP contribution in [0.2, 0.25) is 0 Å². The molecule has 0 amide bonds. The SMILES string of the molecule is c1cc(NC2CC2)cc(-n2ccnc2)c1. The van der Waals surface area contributed by atoms with Gasteiger partial charge in [-0.25, -0.2) is 4.98 Å². The average molecular weight is 199 g/mol. The molecule has 76 valence electrons. The molecule has 1 N–H and O–H groups in total. The predicted octanol–water partition coefficient (Wildman–Crippen LogP) is 2.45. The Morgan fingerprint density at radius 1 is 1.33 bits per heavy atom. The lowest BCUT2D eigenvalue weighted by atomic mass is 10.2. The minimum Gasteiger partial charge on any atom is -0.382 e. The molecule has 1 saturated carbocycles. The van der Waals surface area contributed by atoms with Crippen molar-refractivity contribution in [2.75, 3.05) is 5.32 Å². The number of aromatic nitrogens is 2. The molecule has 3 nitrogen and oxygen atoms in total. The number of benzene rings is 1. The molecule has 0 aliphatic heterocycles. The molecule has 3 rings (SSSR count). The molecule has 0 atom stereocenters. The number of hydrogen-bond acceptors (Lipinski definition) is 2. The van der Waals surface area contributed by atoms with E-state index in [2.05, 4.69) is 34.6 Å². The quantitative estimate of drug-likeness (QED) is 0.822. The van der Waals surface area contributed by atoms with Crippen molar-refractivity contribution in [1.82, 2.24) is 9.55 Å². The van der Waals surface area contributed by atoms with E-state index < -0.39 is 0 Å². The van der Waals surface area contributed by atoms with Gasteiger partial charge >= 0.3 is 0 Å². The predicted molar refractivity (Wildman–Crippen MR) is 60.2 cm³/mol. The largest absolute Gasteiger partial charge is 0.382 e. The molecule has 2 aromatic rings. The lowest BCUT2D eigenvalue weighted by molar-refractivity contribution is 1.05. The van der Waals surface area contributed by atoms with Gasteiger partial charge in [-0.15, -0.1) is 0 Å². The van der Waals surface area contributed by atoms with Crippen LogP contribution in [0, 0.1) is 0 Å². The summed E-state index contributed by atoms with van der Waals surface area (Å²) in [4.78, 5) is 4.04. The summed E-state index contributed by atoms with van der Waals surface area (Å²) in [6, 6.07) is 9.11. The average Bonchev–Trinajstić information content (AvgIpc) is 2.91. The van der Waals surface area contributed by atoms with Crippen LogP contribution >= 0.6 is 0 Å².